The van der Waals surface area contributed by atoms with E-state index in [0.29, 0.717) is 18.1 Å². The Hall–Kier alpha value is -4.49. The molecule has 194 valence electrons. The van der Waals surface area contributed by atoms with Crippen molar-refractivity contribution in [1.82, 2.24) is 19.8 Å². The number of carbonyl (C=O) groups is 1. The van der Waals surface area contributed by atoms with E-state index in [-0.39, 0.29) is 18.0 Å². The number of aryl methyl sites for hydroxylation is 1. The molecule has 0 spiro atoms. The molecule has 7 heteroatoms. The standard InChI is InChI=1S/C32H29N5OS/c1-22-11-14-25(15-12-22)34-29(38)17-20-37-31(30(35-32(37)39)27-9-4-5-18-33-27)28-10-6-19-36(28)26-16-13-23-7-2-3-8-24(23)21-26/h2-16,18-19,21,30-31H,17,20H2,1H3,(H,34,38)(H,35,39). The first-order valence-electron chi connectivity index (χ1n) is 13.1. The largest absolute Gasteiger partial charge is 0.352 e. The minimum absolute atomic E-state index is 0.0494. The van der Waals surface area contributed by atoms with Crippen LogP contribution in [-0.4, -0.2) is 32.0 Å². The molecule has 2 N–H and O–H groups in total. The number of anilines is 1. The van der Waals surface area contributed by atoms with E-state index in [1.54, 1.807) is 6.20 Å². The summed E-state index contributed by atoms with van der Waals surface area (Å²) in [5.74, 6) is -0.0494. The molecule has 1 amide bonds. The smallest absolute Gasteiger partial charge is 0.226 e. The fourth-order valence-electron chi connectivity index (χ4n) is 5.25. The van der Waals surface area contributed by atoms with Crippen LogP contribution in [0.1, 0.15) is 35.5 Å². The summed E-state index contributed by atoms with van der Waals surface area (Å²) in [7, 11) is 0. The minimum Gasteiger partial charge on any atom is -0.352 e. The second kappa shape index (κ2) is 10.7. The van der Waals surface area contributed by atoms with Gasteiger partial charge in [0.2, 0.25) is 5.91 Å². The predicted molar refractivity (Wildman–Crippen MR) is 160 cm³/mol. The van der Waals surface area contributed by atoms with Crippen molar-refractivity contribution >= 4 is 39.7 Å². The number of aromatic nitrogens is 2. The molecule has 1 aliphatic rings. The second-order valence-corrected chi connectivity index (χ2v) is 10.2. The molecule has 39 heavy (non-hydrogen) atoms. The van der Waals surface area contributed by atoms with Crippen LogP contribution in [-0.2, 0) is 4.79 Å². The summed E-state index contributed by atoms with van der Waals surface area (Å²) in [4.78, 5) is 19.7. The van der Waals surface area contributed by atoms with E-state index in [1.165, 1.54) is 10.8 Å². The van der Waals surface area contributed by atoms with E-state index in [0.717, 1.165) is 28.3 Å². The Morgan fingerprint density at radius 1 is 0.949 bits per heavy atom. The lowest BCUT2D eigenvalue weighted by molar-refractivity contribution is -0.116. The van der Waals surface area contributed by atoms with Gasteiger partial charge in [0.05, 0.1) is 17.8 Å². The summed E-state index contributed by atoms with van der Waals surface area (Å²) in [6.45, 7) is 2.50. The van der Waals surface area contributed by atoms with Gasteiger partial charge in [-0.05, 0) is 78.4 Å². The Labute approximate surface area is 233 Å². The van der Waals surface area contributed by atoms with Crippen molar-refractivity contribution in [3.05, 3.63) is 126 Å². The highest BCUT2D eigenvalue weighted by atomic mass is 32.1. The topological polar surface area (TPSA) is 62.2 Å². The third-order valence-electron chi connectivity index (χ3n) is 7.21. The zero-order chi connectivity index (χ0) is 26.8. The number of amides is 1. The molecule has 0 saturated carbocycles. The molecule has 3 heterocycles. The molecule has 3 aromatic carbocycles. The summed E-state index contributed by atoms with van der Waals surface area (Å²) in [5.41, 5.74) is 5.00. The molecule has 1 saturated heterocycles. The van der Waals surface area contributed by atoms with E-state index in [1.807, 2.05) is 49.4 Å². The van der Waals surface area contributed by atoms with Gasteiger partial charge in [-0.1, -0.05) is 54.1 Å². The predicted octanol–water partition coefficient (Wildman–Crippen LogP) is 6.34. The SMILES string of the molecule is Cc1ccc(NC(=O)CCN2C(=S)NC(c3ccccn3)C2c2cccn2-c2ccc3ccccc3c2)cc1. The number of carbonyl (C=O) groups excluding carboxylic acids is 1. The molecule has 2 aromatic heterocycles. The summed E-state index contributed by atoms with van der Waals surface area (Å²) >= 11 is 5.83. The lowest BCUT2D eigenvalue weighted by Gasteiger charge is -2.29. The van der Waals surface area contributed by atoms with Crippen LogP contribution in [0, 0.1) is 6.92 Å². The molecular formula is C32H29N5OS. The fraction of sp³-hybridized carbons (Fsp3) is 0.156. The summed E-state index contributed by atoms with van der Waals surface area (Å²) in [6.07, 6.45) is 4.19. The van der Waals surface area contributed by atoms with E-state index in [4.69, 9.17) is 12.2 Å². The van der Waals surface area contributed by atoms with Crippen molar-refractivity contribution in [3.8, 4) is 5.69 Å². The number of hydrogen-bond acceptors (Lipinski definition) is 3. The lowest BCUT2D eigenvalue weighted by atomic mass is 10.0. The van der Waals surface area contributed by atoms with Crippen molar-refractivity contribution < 1.29 is 4.79 Å². The highest BCUT2D eigenvalue weighted by Gasteiger charge is 2.41. The Balaban J connectivity index is 1.32. The van der Waals surface area contributed by atoms with Crippen LogP contribution < -0.4 is 10.6 Å². The number of fused-ring (bicyclic) bond motifs is 1. The van der Waals surface area contributed by atoms with Crippen molar-refractivity contribution in [2.75, 3.05) is 11.9 Å². The zero-order valence-corrected chi connectivity index (χ0v) is 22.4. The van der Waals surface area contributed by atoms with Gasteiger partial charge in [-0.15, -0.1) is 0 Å². The van der Waals surface area contributed by atoms with Crippen LogP contribution in [0.4, 0.5) is 5.69 Å². The lowest BCUT2D eigenvalue weighted by Crippen LogP contribution is -2.33. The maximum Gasteiger partial charge on any atom is 0.226 e. The number of pyridine rings is 1. The first-order chi connectivity index (χ1) is 19.1. The Bertz CT molecular complexity index is 1630. The first kappa shape index (κ1) is 24.8. The Morgan fingerprint density at radius 3 is 2.54 bits per heavy atom. The number of benzene rings is 3. The van der Waals surface area contributed by atoms with Crippen molar-refractivity contribution in [3.63, 3.8) is 0 Å². The highest BCUT2D eigenvalue weighted by Crippen LogP contribution is 2.39. The molecule has 5 aromatic rings. The average Bonchev–Trinajstić information content (AvgIpc) is 3.57. The number of hydrogen-bond donors (Lipinski definition) is 2. The molecule has 1 fully saturated rings. The van der Waals surface area contributed by atoms with E-state index in [2.05, 4.69) is 85.9 Å². The zero-order valence-electron chi connectivity index (χ0n) is 21.6. The fourth-order valence-corrected chi connectivity index (χ4v) is 5.58. The van der Waals surface area contributed by atoms with Crippen LogP contribution in [0.3, 0.4) is 0 Å². The molecular weight excluding hydrogens is 502 g/mol. The van der Waals surface area contributed by atoms with E-state index >= 15 is 0 Å². The van der Waals surface area contributed by atoms with Crippen LogP contribution >= 0.6 is 12.2 Å². The maximum atomic E-state index is 12.9. The van der Waals surface area contributed by atoms with Gasteiger partial charge in [0.25, 0.3) is 0 Å². The average molecular weight is 532 g/mol. The number of nitrogens with zero attached hydrogens (tertiary/aromatic N) is 3. The quantitative estimate of drug-likeness (QED) is 0.240. The second-order valence-electron chi connectivity index (χ2n) is 9.82. The number of nitrogens with one attached hydrogen (secondary N) is 2. The normalized spacial score (nSPS) is 16.8. The third kappa shape index (κ3) is 5.13. The molecule has 0 radical (unpaired) electrons. The van der Waals surface area contributed by atoms with E-state index < -0.39 is 0 Å². The third-order valence-corrected chi connectivity index (χ3v) is 7.56. The maximum absolute atomic E-state index is 12.9. The van der Waals surface area contributed by atoms with E-state index in [9.17, 15) is 4.79 Å². The molecule has 0 aliphatic carbocycles. The highest BCUT2D eigenvalue weighted by molar-refractivity contribution is 7.80. The molecule has 2 unspecified atom stereocenters. The van der Waals surface area contributed by atoms with Gasteiger partial charge in [-0.3, -0.25) is 9.78 Å². The number of thiocarbonyl (C=S) groups is 1. The van der Waals surface area contributed by atoms with Gasteiger partial charge in [0.1, 0.15) is 0 Å². The molecule has 0 bridgehead atoms. The Kier molecular flexibility index (Phi) is 6.82. The molecule has 2 atom stereocenters. The monoisotopic (exact) mass is 531 g/mol. The van der Waals surface area contributed by atoms with Crippen molar-refractivity contribution in [2.45, 2.75) is 25.4 Å². The summed E-state index contributed by atoms with van der Waals surface area (Å²) in [5, 5.41) is 9.50. The van der Waals surface area contributed by atoms with Crippen LogP contribution in [0.2, 0.25) is 0 Å². The minimum atomic E-state index is -0.159. The van der Waals surface area contributed by atoms with Gasteiger partial charge in [0.15, 0.2) is 5.11 Å². The van der Waals surface area contributed by atoms with Crippen LogP contribution in [0.15, 0.2) is 109 Å². The van der Waals surface area contributed by atoms with Gasteiger partial charge < -0.3 is 20.1 Å². The van der Waals surface area contributed by atoms with Crippen LogP contribution in [0.5, 0.6) is 0 Å². The van der Waals surface area contributed by atoms with Gasteiger partial charge in [-0.25, -0.2) is 0 Å². The van der Waals surface area contributed by atoms with Gasteiger partial charge in [-0.2, -0.15) is 0 Å². The van der Waals surface area contributed by atoms with Crippen molar-refractivity contribution in [2.24, 2.45) is 0 Å². The summed E-state index contributed by atoms with van der Waals surface area (Å²) in [6, 6.07) is 32.5. The molecule has 6 rings (SSSR count). The number of rotatable bonds is 7. The van der Waals surface area contributed by atoms with Crippen molar-refractivity contribution in [1.29, 1.82) is 0 Å². The van der Waals surface area contributed by atoms with Gasteiger partial charge in [0, 0.05) is 42.4 Å². The Morgan fingerprint density at radius 2 is 1.74 bits per heavy atom. The molecule has 6 nitrogen and oxygen atoms in total. The van der Waals surface area contributed by atoms with Crippen LogP contribution in [0.25, 0.3) is 16.5 Å². The summed E-state index contributed by atoms with van der Waals surface area (Å²) < 4.78 is 2.21. The first-order valence-corrected chi connectivity index (χ1v) is 13.5. The van der Waals surface area contributed by atoms with Gasteiger partial charge >= 0.3 is 0 Å². The molecule has 1 aliphatic heterocycles.